The normalized spacial score (nSPS) is 18.7. The predicted molar refractivity (Wildman–Crippen MR) is 95.7 cm³/mol. The molecule has 0 unspecified atom stereocenters. The number of non-ortho nitro benzene ring substituents is 1. The number of halogens is 1. The zero-order chi connectivity index (χ0) is 20.5. The molecule has 0 aromatic heterocycles. The lowest BCUT2D eigenvalue weighted by atomic mass is 9.92. The average molecular weight is 386 g/mol. The van der Waals surface area contributed by atoms with Crippen LogP contribution < -0.4 is 10.6 Å². The first-order valence-corrected chi connectivity index (χ1v) is 8.16. The molecule has 1 aliphatic heterocycles. The standard InChI is InChI=1S/C18H15FN4O5/c1-18(11-5-3-2-4-6-11)16(25)22(17(26)21-18)10-15(24)20-14-9-12(23(27)28)7-8-13(14)19/h2-9H,10H2,1H3,(H,20,24)(H,21,26)/t18-/m1/s1. The number of urea groups is 1. The molecule has 9 nitrogen and oxygen atoms in total. The molecule has 28 heavy (non-hydrogen) atoms. The number of nitro benzene ring substituents is 1. The minimum absolute atomic E-state index is 0.414. The zero-order valence-corrected chi connectivity index (χ0v) is 14.6. The number of nitrogens with zero attached hydrogens (tertiary/aromatic N) is 2. The van der Waals surface area contributed by atoms with E-state index in [-0.39, 0.29) is 0 Å². The van der Waals surface area contributed by atoms with E-state index < -0.39 is 52.0 Å². The number of amides is 4. The first kappa shape index (κ1) is 19.0. The number of carbonyl (C=O) groups is 3. The van der Waals surface area contributed by atoms with Crippen LogP contribution in [0.1, 0.15) is 12.5 Å². The van der Waals surface area contributed by atoms with Crippen molar-refractivity contribution < 1.29 is 23.7 Å². The number of hydrogen-bond donors (Lipinski definition) is 2. The molecule has 3 rings (SSSR count). The van der Waals surface area contributed by atoms with Gasteiger partial charge in [0.05, 0.1) is 10.6 Å². The summed E-state index contributed by atoms with van der Waals surface area (Å²) in [5.41, 5.74) is -1.63. The highest BCUT2D eigenvalue weighted by atomic mass is 19.1. The van der Waals surface area contributed by atoms with Gasteiger partial charge in [-0.2, -0.15) is 0 Å². The highest BCUT2D eigenvalue weighted by molar-refractivity contribution is 6.10. The molecule has 1 aliphatic rings. The van der Waals surface area contributed by atoms with Gasteiger partial charge in [-0.05, 0) is 18.6 Å². The fraction of sp³-hybridized carbons (Fsp3) is 0.167. The molecule has 1 fully saturated rings. The van der Waals surface area contributed by atoms with Gasteiger partial charge < -0.3 is 10.6 Å². The average Bonchev–Trinajstić information content (AvgIpc) is 2.88. The van der Waals surface area contributed by atoms with Crippen LogP contribution in [0.3, 0.4) is 0 Å². The van der Waals surface area contributed by atoms with Crippen LogP contribution >= 0.6 is 0 Å². The van der Waals surface area contributed by atoms with Crippen LogP contribution in [0.2, 0.25) is 0 Å². The maximum absolute atomic E-state index is 13.8. The number of nitro groups is 1. The molecule has 10 heteroatoms. The minimum atomic E-state index is -1.34. The third kappa shape index (κ3) is 3.39. The molecule has 2 aromatic rings. The maximum atomic E-state index is 13.8. The van der Waals surface area contributed by atoms with E-state index in [1.54, 1.807) is 30.3 Å². The molecule has 0 saturated carbocycles. The molecule has 0 bridgehead atoms. The van der Waals surface area contributed by atoms with Crippen molar-refractivity contribution in [1.29, 1.82) is 0 Å². The van der Waals surface area contributed by atoms with Gasteiger partial charge in [0, 0.05) is 12.1 Å². The summed E-state index contributed by atoms with van der Waals surface area (Å²) in [6, 6.07) is 10.4. The summed E-state index contributed by atoms with van der Waals surface area (Å²) in [6.07, 6.45) is 0. The monoisotopic (exact) mass is 386 g/mol. The van der Waals surface area contributed by atoms with Crippen LogP contribution in [0.4, 0.5) is 20.6 Å². The second-order valence-corrected chi connectivity index (χ2v) is 6.28. The van der Waals surface area contributed by atoms with Crippen molar-refractivity contribution in [2.24, 2.45) is 0 Å². The van der Waals surface area contributed by atoms with Gasteiger partial charge in [-0.25, -0.2) is 9.18 Å². The van der Waals surface area contributed by atoms with Gasteiger partial charge in [0.2, 0.25) is 5.91 Å². The molecular formula is C18H15FN4O5. The first-order valence-electron chi connectivity index (χ1n) is 8.16. The predicted octanol–water partition coefficient (Wildman–Crippen LogP) is 2.14. The van der Waals surface area contributed by atoms with Crippen LogP contribution in [0, 0.1) is 15.9 Å². The number of nitrogens with one attached hydrogen (secondary N) is 2. The number of carbonyl (C=O) groups excluding carboxylic acids is 3. The fourth-order valence-corrected chi connectivity index (χ4v) is 2.86. The molecule has 1 heterocycles. The van der Waals surface area contributed by atoms with Crippen molar-refractivity contribution >= 4 is 29.2 Å². The van der Waals surface area contributed by atoms with Gasteiger partial charge in [-0.15, -0.1) is 0 Å². The molecule has 0 radical (unpaired) electrons. The minimum Gasteiger partial charge on any atom is -0.322 e. The van der Waals surface area contributed by atoms with Gasteiger partial charge >= 0.3 is 6.03 Å². The van der Waals surface area contributed by atoms with Gasteiger partial charge in [-0.3, -0.25) is 24.6 Å². The number of anilines is 1. The molecule has 1 saturated heterocycles. The van der Waals surface area contributed by atoms with Crippen LogP contribution in [-0.2, 0) is 15.1 Å². The van der Waals surface area contributed by atoms with Crippen molar-refractivity contribution in [3.63, 3.8) is 0 Å². The van der Waals surface area contributed by atoms with Crippen LogP contribution in [-0.4, -0.2) is 34.2 Å². The Morgan fingerprint density at radius 1 is 1.25 bits per heavy atom. The molecular weight excluding hydrogens is 371 g/mol. The lowest BCUT2D eigenvalue weighted by Gasteiger charge is -2.22. The lowest BCUT2D eigenvalue weighted by Crippen LogP contribution is -2.42. The van der Waals surface area contributed by atoms with E-state index in [1.807, 2.05) is 0 Å². The van der Waals surface area contributed by atoms with Crippen molar-refractivity contribution in [3.05, 3.63) is 70.0 Å². The van der Waals surface area contributed by atoms with E-state index in [2.05, 4.69) is 10.6 Å². The third-order valence-corrected chi connectivity index (χ3v) is 4.36. The third-order valence-electron chi connectivity index (χ3n) is 4.36. The Balaban J connectivity index is 1.76. The molecule has 2 N–H and O–H groups in total. The van der Waals surface area contributed by atoms with Gasteiger partial charge in [0.25, 0.3) is 11.6 Å². The number of hydrogen-bond acceptors (Lipinski definition) is 5. The van der Waals surface area contributed by atoms with E-state index in [0.29, 0.717) is 10.5 Å². The maximum Gasteiger partial charge on any atom is 0.325 e. The summed E-state index contributed by atoms with van der Waals surface area (Å²) in [6.45, 7) is 0.843. The summed E-state index contributed by atoms with van der Waals surface area (Å²) in [5, 5.41) is 15.5. The first-order chi connectivity index (χ1) is 13.2. The highest BCUT2D eigenvalue weighted by Gasteiger charge is 2.49. The number of benzene rings is 2. The van der Waals surface area contributed by atoms with Crippen molar-refractivity contribution in [2.45, 2.75) is 12.5 Å². The summed E-state index contributed by atoms with van der Waals surface area (Å²) < 4.78 is 13.8. The Hall–Kier alpha value is -3.82. The smallest absolute Gasteiger partial charge is 0.322 e. The molecule has 0 spiro atoms. The molecule has 0 aliphatic carbocycles. The second kappa shape index (κ2) is 7.06. The fourth-order valence-electron chi connectivity index (χ4n) is 2.86. The summed E-state index contributed by atoms with van der Waals surface area (Å²) >= 11 is 0. The highest BCUT2D eigenvalue weighted by Crippen LogP contribution is 2.28. The molecule has 1 atom stereocenters. The van der Waals surface area contributed by atoms with E-state index in [9.17, 15) is 28.9 Å². The van der Waals surface area contributed by atoms with Crippen molar-refractivity contribution in [2.75, 3.05) is 11.9 Å². The topological polar surface area (TPSA) is 122 Å². The quantitative estimate of drug-likeness (QED) is 0.463. The van der Waals surface area contributed by atoms with E-state index >= 15 is 0 Å². The molecule has 144 valence electrons. The van der Waals surface area contributed by atoms with E-state index in [0.717, 1.165) is 18.2 Å². The van der Waals surface area contributed by atoms with Crippen LogP contribution in [0.25, 0.3) is 0 Å². The van der Waals surface area contributed by atoms with Gasteiger partial charge in [-0.1, -0.05) is 30.3 Å². The van der Waals surface area contributed by atoms with E-state index in [4.69, 9.17) is 0 Å². The number of rotatable bonds is 5. The molecule has 2 aromatic carbocycles. The van der Waals surface area contributed by atoms with Gasteiger partial charge in [0.15, 0.2) is 0 Å². The SMILES string of the molecule is C[C@]1(c2ccccc2)NC(=O)N(CC(=O)Nc2cc([N+](=O)[O-])ccc2F)C1=O. The van der Waals surface area contributed by atoms with Gasteiger partial charge in [0.1, 0.15) is 17.9 Å². The largest absolute Gasteiger partial charge is 0.325 e. The Bertz CT molecular complexity index is 981. The van der Waals surface area contributed by atoms with Crippen LogP contribution in [0.5, 0.6) is 0 Å². The Morgan fingerprint density at radius 3 is 2.57 bits per heavy atom. The second-order valence-electron chi connectivity index (χ2n) is 6.28. The summed E-state index contributed by atoms with van der Waals surface area (Å²) in [5.74, 6) is -2.40. The molecule has 4 amide bonds. The van der Waals surface area contributed by atoms with Crippen LogP contribution in [0.15, 0.2) is 48.5 Å². The Labute approximate surface area is 158 Å². The lowest BCUT2D eigenvalue weighted by molar-refractivity contribution is -0.384. The van der Waals surface area contributed by atoms with E-state index in [1.165, 1.54) is 6.92 Å². The summed E-state index contributed by atoms with van der Waals surface area (Å²) in [7, 11) is 0. The van der Waals surface area contributed by atoms with Crippen molar-refractivity contribution in [3.8, 4) is 0 Å². The summed E-state index contributed by atoms with van der Waals surface area (Å²) in [4.78, 5) is 47.9. The number of imide groups is 1. The zero-order valence-electron chi connectivity index (χ0n) is 14.6. The Kier molecular flexibility index (Phi) is 4.78. The van der Waals surface area contributed by atoms with Crippen molar-refractivity contribution in [1.82, 2.24) is 10.2 Å². The Morgan fingerprint density at radius 2 is 1.93 bits per heavy atom.